The summed E-state index contributed by atoms with van der Waals surface area (Å²) in [5.74, 6) is 0.743. The summed E-state index contributed by atoms with van der Waals surface area (Å²) in [6.07, 6.45) is 8.69. The number of nitrogens with zero attached hydrogens (tertiary/aromatic N) is 2. The number of ether oxygens (including phenoxy) is 3. The largest absolute Gasteiger partial charge is 0.496 e. The summed E-state index contributed by atoms with van der Waals surface area (Å²) in [5.41, 5.74) is 3.48. The predicted molar refractivity (Wildman–Crippen MR) is 146 cm³/mol. The average molecular weight is 542 g/mol. The minimum atomic E-state index is -0.996. The molecule has 9 heteroatoms. The van der Waals surface area contributed by atoms with Crippen molar-refractivity contribution in [3.8, 4) is 11.5 Å². The zero-order chi connectivity index (χ0) is 27.4. The maximum absolute atomic E-state index is 14.8. The molecule has 212 valence electrons. The van der Waals surface area contributed by atoms with E-state index in [-0.39, 0.29) is 11.9 Å². The lowest BCUT2D eigenvalue weighted by Crippen LogP contribution is -2.34. The molecule has 8 nitrogen and oxygen atoms in total. The number of carbonyl (C=O) groups is 1. The van der Waals surface area contributed by atoms with Crippen LogP contribution in [0.4, 0.5) is 10.2 Å². The predicted octanol–water partition coefficient (Wildman–Crippen LogP) is 5.10. The van der Waals surface area contributed by atoms with Crippen LogP contribution in [0.2, 0.25) is 0 Å². The summed E-state index contributed by atoms with van der Waals surface area (Å²) in [7, 11) is 3.11. The molecule has 0 amide bonds. The molecule has 1 aromatic carbocycles. The van der Waals surface area contributed by atoms with E-state index >= 15 is 0 Å². The maximum atomic E-state index is 14.8. The summed E-state index contributed by atoms with van der Waals surface area (Å²) >= 11 is 0. The van der Waals surface area contributed by atoms with E-state index in [0.717, 1.165) is 87.2 Å². The fourth-order valence-electron chi connectivity index (χ4n) is 5.92. The van der Waals surface area contributed by atoms with E-state index in [1.54, 1.807) is 7.11 Å². The van der Waals surface area contributed by atoms with Crippen LogP contribution in [0, 0.1) is 5.82 Å². The molecular formula is C30H40FN3O5. The van der Waals surface area contributed by atoms with Crippen LogP contribution in [-0.4, -0.2) is 67.5 Å². The highest BCUT2D eigenvalue weighted by atomic mass is 19.1. The molecule has 0 radical (unpaired) electrons. The number of methoxy groups -OCH3 is 2. The van der Waals surface area contributed by atoms with Crippen molar-refractivity contribution in [2.24, 2.45) is 0 Å². The number of aromatic nitrogens is 1. The molecular weight excluding hydrogens is 501 g/mol. The summed E-state index contributed by atoms with van der Waals surface area (Å²) in [6, 6.07) is 4.42. The van der Waals surface area contributed by atoms with Gasteiger partial charge >= 0.3 is 5.97 Å². The molecule has 0 bridgehead atoms. The Labute approximate surface area is 229 Å². The van der Waals surface area contributed by atoms with E-state index in [0.29, 0.717) is 31.2 Å². The highest BCUT2D eigenvalue weighted by molar-refractivity contribution is 5.77. The van der Waals surface area contributed by atoms with Gasteiger partial charge in [0.05, 0.1) is 20.3 Å². The van der Waals surface area contributed by atoms with Gasteiger partial charge in [-0.25, -0.2) is 9.37 Å². The van der Waals surface area contributed by atoms with E-state index in [2.05, 4.69) is 11.4 Å². The quantitative estimate of drug-likeness (QED) is 0.338. The Balaban J connectivity index is 1.10. The number of nitrogens with one attached hydrogen (secondary N) is 1. The van der Waals surface area contributed by atoms with Gasteiger partial charge in [0.2, 0.25) is 0 Å². The van der Waals surface area contributed by atoms with Gasteiger partial charge in [0, 0.05) is 49.1 Å². The number of benzene rings is 1. The number of hydrogen-bond donors (Lipinski definition) is 2. The highest BCUT2D eigenvalue weighted by Gasteiger charge is 2.37. The fraction of sp³-hybridized carbons (Fsp3) is 0.600. The van der Waals surface area contributed by atoms with Gasteiger partial charge in [0.15, 0.2) is 11.6 Å². The number of anilines is 1. The number of aryl methyl sites for hydroxylation is 1. The zero-order valence-electron chi connectivity index (χ0n) is 23.0. The lowest BCUT2D eigenvalue weighted by Gasteiger charge is -2.26. The molecule has 2 fully saturated rings. The van der Waals surface area contributed by atoms with Crippen LogP contribution < -0.4 is 14.8 Å². The van der Waals surface area contributed by atoms with Crippen LogP contribution in [0.3, 0.4) is 0 Å². The number of fused-ring (bicyclic) bond motifs is 1. The number of likely N-dealkylation sites (tertiary alicyclic amines) is 1. The number of carboxylic acid groups (broad SMARTS) is 1. The monoisotopic (exact) mass is 541 g/mol. The fourth-order valence-corrected chi connectivity index (χ4v) is 5.92. The Morgan fingerprint density at radius 3 is 2.77 bits per heavy atom. The first-order valence-corrected chi connectivity index (χ1v) is 14.2. The second-order valence-electron chi connectivity index (χ2n) is 10.9. The van der Waals surface area contributed by atoms with Crippen molar-refractivity contribution in [1.29, 1.82) is 0 Å². The van der Waals surface area contributed by atoms with E-state index in [4.69, 9.17) is 19.2 Å². The van der Waals surface area contributed by atoms with Crippen LogP contribution in [0.25, 0.3) is 0 Å². The van der Waals surface area contributed by atoms with Crippen LogP contribution in [0.1, 0.15) is 79.3 Å². The van der Waals surface area contributed by atoms with Gasteiger partial charge in [0.25, 0.3) is 0 Å². The molecule has 5 rings (SSSR count). The number of pyridine rings is 1. The number of halogens is 1. The molecule has 2 N–H and O–H groups in total. The second-order valence-corrected chi connectivity index (χ2v) is 10.9. The molecule has 1 aliphatic carbocycles. The van der Waals surface area contributed by atoms with Crippen molar-refractivity contribution in [2.75, 3.05) is 45.8 Å². The van der Waals surface area contributed by atoms with Gasteiger partial charge < -0.3 is 24.6 Å². The van der Waals surface area contributed by atoms with Crippen LogP contribution in [-0.2, 0) is 22.4 Å². The van der Waals surface area contributed by atoms with Crippen LogP contribution >= 0.6 is 0 Å². The smallest absolute Gasteiger partial charge is 0.325 e. The summed E-state index contributed by atoms with van der Waals surface area (Å²) < 4.78 is 31.8. The minimum Gasteiger partial charge on any atom is -0.496 e. The van der Waals surface area contributed by atoms with Crippen molar-refractivity contribution < 1.29 is 28.5 Å². The standard InChI is InChI=1S/C30H40FN3O5/c1-37-26-17-21(33-29-23(26)8-6-12-32-29)7-4-3-5-14-39-22-11-13-34(18-22)27(30(35)36)24-15-20(19-9-10-19)16-25(31)28(24)38-2/h15-17,19,22,27H,3-14,18H2,1-2H3,(H,32,33)(H,35,36)/t22-,27-/m1/s1. The maximum Gasteiger partial charge on any atom is 0.325 e. The molecule has 2 aliphatic heterocycles. The van der Waals surface area contributed by atoms with Gasteiger partial charge in [0.1, 0.15) is 17.6 Å². The topological polar surface area (TPSA) is 93.2 Å². The van der Waals surface area contributed by atoms with Gasteiger partial charge in [-0.1, -0.05) is 6.42 Å². The van der Waals surface area contributed by atoms with Crippen LogP contribution in [0.15, 0.2) is 18.2 Å². The van der Waals surface area contributed by atoms with Gasteiger partial charge in [-0.05, 0) is 75.0 Å². The summed E-state index contributed by atoms with van der Waals surface area (Å²) in [5, 5.41) is 13.5. The number of aliphatic carboxylic acids is 1. The van der Waals surface area contributed by atoms with Crippen molar-refractivity contribution in [2.45, 2.75) is 75.9 Å². The first kappa shape index (κ1) is 27.6. The Hall–Kier alpha value is -2.91. The van der Waals surface area contributed by atoms with E-state index < -0.39 is 17.8 Å². The molecule has 1 saturated heterocycles. The van der Waals surface area contributed by atoms with E-state index in [9.17, 15) is 14.3 Å². The molecule has 1 aromatic heterocycles. The Morgan fingerprint density at radius 1 is 1.18 bits per heavy atom. The van der Waals surface area contributed by atoms with Crippen molar-refractivity contribution in [3.05, 3.63) is 46.4 Å². The van der Waals surface area contributed by atoms with Crippen molar-refractivity contribution >= 4 is 11.8 Å². The molecule has 0 spiro atoms. The summed E-state index contributed by atoms with van der Waals surface area (Å²) in [6.45, 7) is 2.67. The average Bonchev–Trinajstić information content (AvgIpc) is 3.69. The number of carboxylic acids is 1. The number of rotatable bonds is 13. The third kappa shape index (κ3) is 6.47. The SMILES string of the molecule is COc1cc(CCCCCO[C@@H]2CCN([C@@H](C(=O)O)c3cc(C4CC4)cc(F)c3OC)C2)nc2c1CCCN2. The minimum absolute atomic E-state index is 0.0259. The molecule has 3 aliphatic rings. The number of hydrogen-bond acceptors (Lipinski definition) is 7. The van der Waals surface area contributed by atoms with Crippen LogP contribution in [0.5, 0.6) is 11.5 Å². The molecule has 3 heterocycles. The van der Waals surface area contributed by atoms with E-state index in [1.165, 1.54) is 18.7 Å². The Bertz CT molecular complexity index is 1150. The Morgan fingerprint density at radius 2 is 2.03 bits per heavy atom. The van der Waals surface area contributed by atoms with Crippen molar-refractivity contribution in [3.63, 3.8) is 0 Å². The zero-order valence-corrected chi connectivity index (χ0v) is 23.0. The van der Waals surface area contributed by atoms with Crippen molar-refractivity contribution in [1.82, 2.24) is 9.88 Å². The number of unbranched alkanes of at least 4 members (excludes halogenated alkanes) is 2. The normalized spacial score (nSPS) is 19.8. The van der Waals surface area contributed by atoms with Gasteiger partial charge in [-0.2, -0.15) is 0 Å². The summed E-state index contributed by atoms with van der Waals surface area (Å²) in [4.78, 5) is 19.0. The third-order valence-corrected chi connectivity index (χ3v) is 8.10. The molecule has 2 atom stereocenters. The molecule has 2 aromatic rings. The first-order valence-electron chi connectivity index (χ1n) is 14.2. The van der Waals surface area contributed by atoms with E-state index in [1.807, 2.05) is 11.0 Å². The molecule has 39 heavy (non-hydrogen) atoms. The highest BCUT2D eigenvalue weighted by Crippen LogP contribution is 2.44. The van der Waals surface area contributed by atoms with Gasteiger partial charge in [-0.15, -0.1) is 0 Å². The lowest BCUT2D eigenvalue weighted by molar-refractivity contribution is -0.143. The third-order valence-electron chi connectivity index (χ3n) is 8.10. The lowest BCUT2D eigenvalue weighted by atomic mass is 9.99. The Kier molecular flexibility index (Phi) is 8.87. The first-order chi connectivity index (χ1) is 19.0. The second kappa shape index (κ2) is 12.5. The molecule has 0 unspecified atom stereocenters. The van der Waals surface area contributed by atoms with Gasteiger partial charge in [-0.3, -0.25) is 9.69 Å². The molecule has 1 saturated carbocycles.